The van der Waals surface area contributed by atoms with Crippen molar-refractivity contribution in [2.24, 2.45) is 11.8 Å². The lowest BCUT2D eigenvalue weighted by Gasteiger charge is -2.49. The summed E-state index contributed by atoms with van der Waals surface area (Å²) in [5.74, 6) is 1.65. The summed E-state index contributed by atoms with van der Waals surface area (Å²) in [6, 6.07) is 0. The third-order valence-corrected chi connectivity index (χ3v) is 5.53. The summed E-state index contributed by atoms with van der Waals surface area (Å²) in [5.41, 5.74) is 0.543. The molecule has 0 aromatic rings. The molecule has 1 aliphatic carbocycles. The highest BCUT2D eigenvalue weighted by molar-refractivity contribution is 5.05. The van der Waals surface area contributed by atoms with Gasteiger partial charge in [-0.25, -0.2) is 0 Å². The molecule has 0 radical (unpaired) electrons. The Hall–Kier alpha value is -0.120. The van der Waals surface area contributed by atoms with Gasteiger partial charge >= 0.3 is 0 Å². The number of ether oxygens (including phenoxy) is 2. The van der Waals surface area contributed by atoms with Crippen molar-refractivity contribution in [3.63, 3.8) is 0 Å². The molecule has 17 heavy (non-hydrogen) atoms. The topological polar surface area (TPSA) is 21.7 Å². The number of nitrogens with zero attached hydrogens (tertiary/aromatic N) is 1. The number of rotatable bonds is 1. The Bertz CT molecular complexity index is 303. The van der Waals surface area contributed by atoms with Crippen LogP contribution in [0.3, 0.4) is 0 Å². The van der Waals surface area contributed by atoms with E-state index in [9.17, 15) is 0 Å². The smallest absolute Gasteiger partial charge is 0.161 e. The van der Waals surface area contributed by atoms with Crippen LogP contribution in [0.15, 0.2) is 0 Å². The van der Waals surface area contributed by atoms with E-state index < -0.39 is 0 Å². The molecule has 96 valence electrons. The summed E-state index contributed by atoms with van der Waals surface area (Å²) in [6.07, 6.45) is 8.67. The highest BCUT2D eigenvalue weighted by Crippen LogP contribution is 2.50. The van der Waals surface area contributed by atoms with Crippen LogP contribution in [0.4, 0.5) is 0 Å². The van der Waals surface area contributed by atoms with Crippen LogP contribution in [0.1, 0.15) is 38.5 Å². The lowest BCUT2D eigenvalue weighted by Crippen LogP contribution is -2.51. The zero-order chi connectivity index (χ0) is 11.3. The van der Waals surface area contributed by atoms with E-state index in [0.29, 0.717) is 11.5 Å². The molecule has 3 nitrogen and oxygen atoms in total. The molecule has 4 aliphatic rings. The van der Waals surface area contributed by atoms with Crippen LogP contribution < -0.4 is 0 Å². The quantitative estimate of drug-likeness (QED) is 0.696. The van der Waals surface area contributed by atoms with E-state index in [4.69, 9.17) is 9.47 Å². The van der Waals surface area contributed by atoms with Crippen molar-refractivity contribution in [2.75, 3.05) is 26.3 Å². The zero-order valence-corrected chi connectivity index (χ0v) is 10.6. The van der Waals surface area contributed by atoms with Crippen LogP contribution in [-0.2, 0) is 9.47 Å². The fraction of sp³-hybridized carbons (Fsp3) is 1.00. The predicted molar refractivity (Wildman–Crippen MR) is 64.7 cm³/mol. The van der Waals surface area contributed by atoms with Gasteiger partial charge in [-0.05, 0) is 38.1 Å². The summed E-state index contributed by atoms with van der Waals surface area (Å²) in [6.45, 7) is 4.15. The second-order valence-electron chi connectivity index (χ2n) is 6.50. The SMILES string of the molecule is C1C[C@H]2CCN3CC(C4OCCO4)C[C@]3(C1)C2. The summed E-state index contributed by atoms with van der Waals surface area (Å²) in [4.78, 5) is 2.78. The van der Waals surface area contributed by atoms with E-state index in [-0.39, 0.29) is 6.29 Å². The lowest BCUT2D eigenvalue weighted by atomic mass is 9.70. The van der Waals surface area contributed by atoms with Gasteiger partial charge < -0.3 is 9.47 Å². The van der Waals surface area contributed by atoms with E-state index in [1.54, 1.807) is 0 Å². The van der Waals surface area contributed by atoms with Gasteiger partial charge in [-0.2, -0.15) is 0 Å². The van der Waals surface area contributed by atoms with Gasteiger partial charge in [0.25, 0.3) is 0 Å². The average Bonchev–Trinajstić information content (AvgIpc) is 2.94. The summed E-state index contributed by atoms with van der Waals surface area (Å²) in [5, 5.41) is 0. The van der Waals surface area contributed by atoms with E-state index >= 15 is 0 Å². The Morgan fingerprint density at radius 1 is 1.06 bits per heavy atom. The highest BCUT2D eigenvalue weighted by atomic mass is 16.7. The Morgan fingerprint density at radius 2 is 1.94 bits per heavy atom. The molecule has 1 spiro atoms. The molecule has 0 N–H and O–H groups in total. The third kappa shape index (κ3) is 1.66. The van der Waals surface area contributed by atoms with Crippen molar-refractivity contribution in [3.8, 4) is 0 Å². The second kappa shape index (κ2) is 3.94. The molecule has 3 atom stereocenters. The van der Waals surface area contributed by atoms with E-state index in [1.165, 1.54) is 51.6 Å². The minimum absolute atomic E-state index is 0.107. The molecule has 0 aromatic heterocycles. The number of hydrogen-bond acceptors (Lipinski definition) is 3. The molecule has 2 bridgehead atoms. The maximum absolute atomic E-state index is 5.73. The third-order valence-electron chi connectivity index (χ3n) is 5.53. The number of fused-ring (bicyclic) bond motifs is 1. The van der Waals surface area contributed by atoms with Crippen LogP contribution in [0, 0.1) is 11.8 Å². The van der Waals surface area contributed by atoms with Gasteiger partial charge in [-0.1, -0.05) is 12.8 Å². The van der Waals surface area contributed by atoms with Gasteiger partial charge in [0.05, 0.1) is 13.2 Å². The second-order valence-corrected chi connectivity index (χ2v) is 6.50. The fourth-order valence-electron chi connectivity index (χ4n) is 4.84. The first-order valence-electron chi connectivity index (χ1n) is 7.34. The molecule has 3 heterocycles. The molecule has 1 saturated carbocycles. The zero-order valence-electron chi connectivity index (χ0n) is 10.6. The molecule has 1 unspecified atom stereocenters. The Kier molecular flexibility index (Phi) is 2.50. The van der Waals surface area contributed by atoms with Crippen molar-refractivity contribution in [2.45, 2.75) is 50.4 Å². The van der Waals surface area contributed by atoms with Crippen molar-refractivity contribution in [1.82, 2.24) is 4.90 Å². The van der Waals surface area contributed by atoms with Gasteiger partial charge in [0.1, 0.15) is 0 Å². The number of hydrogen-bond donors (Lipinski definition) is 0. The summed E-state index contributed by atoms with van der Waals surface area (Å²) < 4.78 is 11.5. The van der Waals surface area contributed by atoms with Gasteiger partial charge in [0.15, 0.2) is 6.29 Å². The lowest BCUT2D eigenvalue weighted by molar-refractivity contribution is -0.0803. The molecular weight excluding hydrogens is 214 g/mol. The largest absolute Gasteiger partial charge is 0.350 e. The van der Waals surface area contributed by atoms with Crippen LogP contribution >= 0.6 is 0 Å². The average molecular weight is 237 g/mol. The van der Waals surface area contributed by atoms with Gasteiger partial charge in [0.2, 0.25) is 0 Å². The molecule has 3 aliphatic heterocycles. The van der Waals surface area contributed by atoms with Gasteiger partial charge in [0, 0.05) is 18.0 Å². The first kappa shape index (κ1) is 10.8. The summed E-state index contributed by atoms with van der Waals surface area (Å²) >= 11 is 0. The van der Waals surface area contributed by atoms with Gasteiger partial charge in [-0.3, -0.25) is 4.90 Å². The van der Waals surface area contributed by atoms with Crippen molar-refractivity contribution >= 4 is 0 Å². The Morgan fingerprint density at radius 3 is 2.82 bits per heavy atom. The van der Waals surface area contributed by atoms with E-state index in [1.807, 2.05) is 0 Å². The molecule has 4 fully saturated rings. The van der Waals surface area contributed by atoms with Crippen molar-refractivity contribution < 1.29 is 9.47 Å². The maximum Gasteiger partial charge on any atom is 0.161 e. The molecule has 0 aromatic carbocycles. The monoisotopic (exact) mass is 237 g/mol. The predicted octanol–water partition coefficient (Wildman–Crippen LogP) is 2.01. The Balaban J connectivity index is 1.53. The summed E-state index contributed by atoms with van der Waals surface area (Å²) in [7, 11) is 0. The first-order chi connectivity index (χ1) is 8.36. The first-order valence-corrected chi connectivity index (χ1v) is 7.34. The van der Waals surface area contributed by atoms with Crippen molar-refractivity contribution in [3.05, 3.63) is 0 Å². The van der Waals surface area contributed by atoms with Gasteiger partial charge in [-0.15, -0.1) is 0 Å². The van der Waals surface area contributed by atoms with E-state index in [0.717, 1.165) is 19.1 Å². The maximum atomic E-state index is 5.73. The molecule has 4 rings (SSSR count). The molecular formula is C14H23NO2. The minimum atomic E-state index is 0.107. The van der Waals surface area contributed by atoms with Crippen LogP contribution in [-0.4, -0.2) is 43.0 Å². The van der Waals surface area contributed by atoms with Crippen molar-refractivity contribution in [1.29, 1.82) is 0 Å². The van der Waals surface area contributed by atoms with Crippen LogP contribution in [0.5, 0.6) is 0 Å². The van der Waals surface area contributed by atoms with Crippen LogP contribution in [0.25, 0.3) is 0 Å². The molecule has 0 amide bonds. The normalized spacial score (nSPS) is 47.3. The molecule has 3 heteroatoms. The Labute approximate surface area is 103 Å². The van der Waals surface area contributed by atoms with Crippen LogP contribution in [0.2, 0.25) is 0 Å². The highest BCUT2D eigenvalue weighted by Gasteiger charge is 2.52. The minimum Gasteiger partial charge on any atom is -0.350 e. The van der Waals surface area contributed by atoms with E-state index in [2.05, 4.69) is 4.90 Å². The fourth-order valence-corrected chi connectivity index (χ4v) is 4.84. The standard InChI is InChI=1S/C14H23NO2/c1-2-11-3-5-15-10-12(13-16-6-7-17-13)9-14(15,4-1)8-11/h11-13H,1-10H2/t11-,12?,14-/m0/s1. The number of piperidine rings is 1. The molecule has 3 saturated heterocycles.